The second-order valence-corrected chi connectivity index (χ2v) is 8.67. The molecule has 0 aliphatic heterocycles. The number of hydrogen-bond donors (Lipinski definition) is 1. The second kappa shape index (κ2) is 5.57. The lowest BCUT2D eigenvalue weighted by molar-refractivity contribution is -0.149. The van der Waals surface area contributed by atoms with Crippen molar-refractivity contribution in [2.24, 2.45) is 22.7 Å². The highest BCUT2D eigenvalue weighted by atomic mass is 16.3. The van der Waals surface area contributed by atoms with Gasteiger partial charge in [0, 0.05) is 5.92 Å². The molecule has 0 bridgehead atoms. The number of rotatable bonds is 2. The van der Waals surface area contributed by atoms with Crippen molar-refractivity contribution in [1.82, 2.24) is 0 Å². The summed E-state index contributed by atoms with van der Waals surface area (Å²) in [7, 11) is 0. The fraction of sp³-hybridized carbons (Fsp3) is 0.800. The van der Waals surface area contributed by atoms with Crippen molar-refractivity contribution in [3.63, 3.8) is 0 Å². The summed E-state index contributed by atoms with van der Waals surface area (Å²) in [6.07, 6.45) is 12.6. The Bertz CT molecular complexity index is 441. The van der Waals surface area contributed by atoms with Crippen molar-refractivity contribution in [2.75, 3.05) is 0 Å². The lowest BCUT2D eigenvalue weighted by Crippen LogP contribution is -2.56. The molecule has 0 saturated heterocycles. The summed E-state index contributed by atoms with van der Waals surface area (Å²) in [5.74, 6) is 0.984. The van der Waals surface area contributed by atoms with Gasteiger partial charge in [-0.15, -0.1) is 0 Å². The number of hydrogen-bond acceptors (Lipinski definition) is 1. The number of allylic oxidation sites excluding steroid dienone is 3. The first-order valence-electron chi connectivity index (χ1n) is 8.67. The molecule has 2 rings (SSSR count). The van der Waals surface area contributed by atoms with Gasteiger partial charge in [-0.1, -0.05) is 51.0 Å². The summed E-state index contributed by atoms with van der Waals surface area (Å²) in [6.45, 7) is 13.6. The Hall–Kier alpha value is -0.560. The van der Waals surface area contributed by atoms with Crippen LogP contribution in [0.25, 0.3) is 0 Å². The van der Waals surface area contributed by atoms with Crippen molar-refractivity contribution in [1.29, 1.82) is 0 Å². The Morgan fingerprint density at radius 3 is 2.38 bits per heavy atom. The van der Waals surface area contributed by atoms with Gasteiger partial charge in [-0.3, -0.25) is 0 Å². The summed E-state index contributed by atoms with van der Waals surface area (Å²) >= 11 is 0. The van der Waals surface area contributed by atoms with Crippen LogP contribution in [0.1, 0.15) is 73.6 Å². The van der Waals surface area contributed by atoms with Gasteiger partial charge in [0.05, 0.1) is 5.60 Å². The molecule has 2 fully saturated rings. The van der Waals surface area contributed by atoms with Gasteiger partial charge in [-0.25, -0.2) is 0 Å². The van der Waals surface area contributed by atoms with E-state index >= 15 is 0 Å². The Kier molecular flexibility index (Phi) is 4.46. The third kappa shape index (κ3) is 2.99. The van der Waals surface area contributed by atoms with E-state index in [0.29, 0.717) is 5.41 Å². The summed E-state index contributed by atoms with van der Waals surface area (Å²) in [6, 6.07) is 0. The molecular weight excluding hydrogens is 256 g/mol. The van der Waals surface area contributed by atoms with E-state index in [4.69, 9.17) is 0 Å². The minimum atomic E-state index is -0.566. The van der Waals surface area contributed by atoms with Gasteiger partial charge in [0.2, 0.25) is 0 Å². The fourth-order valence-electron chi connectivity index (χ4n) is 5.33. The summed E-state index contributed by atoms with van der Waals surface area (Å²) in [5, 5.41) is 11.0. The van der Waals surface area contributed by atoms with E-state index in [2.05, 4.69) is 59.8 Å². The topological polar surface area (TPSA) is 20.2 Å². The highest BCUT2D eigenvalue weighted by Crippen LogP contribution is 2.62. The van der Waals surface area contributed by atoms with Crippen LogP contribution in [0.2, 0.25) is 0 Å². The van der Waals surface area contributed by atoms with E-state index in [1.165, 1.54) is 31.3 Å². The maximum absolute atomic E-state index is 11.0. The van der Waals surface area contributed by atoms with Crippen LogP contribution in [-0.2, 0) is 0 Å². The zero-order valence-electron chi connectivity index (χ0n) is 14.9. The average molecular weight is 290 g/mol. The van der Waals surface area contributed by atoms with Crippen molar-refractivity contribution >= 4 is 0 Å². The highest BCUT2D eigenvalue weighted by molar-refractivity contribution is 5.21. The zero-order chi connectivity index (χ0) is 15.9. The SMILES string of the molecule is C/C=C(C)/C=C/[C@@H]1[C@@]2(C)CCCC(C)(C)[C@@H]2CC[C@@]1(C)O. The lowest BCUT2D eigenvalue weighted by Gasteiger charge is -2.60. The van der Waals surface area contributed by atoms with E-state index in [1.54, 1.807) is 0 Å². The highest BCUT2D eigenvalue weighted by Gasteiger charge is 2.56. The molecule has 2 aliphatic rings. The minimum Gasteiger partial charge on any atom is -0.390 e. The molecule has 0 heterocycles. The Morgan fingerprint density at radius 1 is 1.10 bits per heavy atom. The van der Waals surface area contributed by atoms with E-state index < -0.39 is 5.60 Å². The van der Waals surface area contributed by atoms with Crippen molar-refractivity contribution in [3.8, 4) is 0 Å². The molecule has 0 amide bonds. The Morgan fingerprint density at radius 2 is 1.76 bits per heavy atom. The molecule has 4 atom stereocenters. The molecule has 120 valence electrons. The van der Waals surface area contributed by atoms with Crippen molar-refractivity contribution in [3.05, 3.63) is 23.8 Å². The van der Waals surface area contributed by atoms with Crippen LogP contribution in [0.4, 0.5) is 0 Å². The normalized spacial score (nSPS) is 43.9. The van der Waals surface area contributed by atoms with Crippen LogP contribution in [-0.4, -0.2) is 10.7 Å². The molecule has 2 saturated carbocycles. The fourth-order valence-corrected chi connectivity index (χ4v) is 5.33. The van der Waals surface area contributed by atoms with Gasteiger partial charge < -0.3 is 5.11 Å². The quantitative estimate of drug-likeness (QED) is 0.665. The van der Waals surface area contributed by atoms with Gasteiger partial charge in [0.25, 0.3) is 0 Å². The van der Waals surface area contributed by atoms with Crippen LogP contribution in [0.15, 0.2) is 23.8 Å². The molecule has 1 N–H and O–H groups in total. The van der Waals surface area contributed by atoms with Crippen LogP contribution < -0.4 is 0 Å². The van der Waals surface area contributed by atoms with Crippen molar-refractivity contribution < 1.29 is 5.11 Å². The predicted octanol–water partition coefficient (Wildman–Crippen LogP) is 5.50. The second-order valence-electron chi connectivity index (χ2n) is 8.67. The van der Waals surface area contributed by atoms with Gasteiger partial charge >= 0.3 is 0 Å². The first-order chi connectivity index (χ1) is 9.63. The molecule has 0 spiro atoms. The maximum atomic E-state index is 11.0. The predicted molar refractivity (Wildman–Crippen MR) is 91.1 cm³/mol. The van der Waals surface area contributed by atoms with Crippen LogP contribution in [0, 0.1) is 22.7 Å². The Labute approximate surface area is 131 Å². The van der Waals surface area contributed by atoms with Crippen molar-refractivity contribution in [2.45, 2.75) is 79.2 Å². The summed E-state index contributed by atoms with van der Waals surface area (Å²) < 4.78 is 0. The summed E-state index contributed by atoms with van der Waals surface area (Å²) in [5.41, 5.74) is 1.36. The van der Waals surface area contributed by atoms with Crippen LogP contribution in [0.3, 0.4) is 0 Å². The molecular formula is C20H34O. The molecule has 1 nitrogen and oxygen atoms in total. The molecule has 0 unspecified atom stereocenters. The molecule has 2 aliphatic carbocycles. The lowest BCUT2D eigenvalue weighted by atomic mass is 9.45. The first kappa shape index (κ1) is 16.8. The Balaban J connectivity index is 2.39. The zero-order valence-corrected chi connectivity index (χ0v) is 14.9. The standard InChI is InChI=1S/C20H34O/c1-7-15(2)9-10-17-19(5)13-8-12-18(3,4)16(19)11-14-20(17,6)21/h7,9-10,16-17,21H,8,11-14H2,1-6H3/b10-9+,15-7+/t16-,17+,19-,20+/m0/s1. The third-order valence-electron chi connectivity index (χ3n) is 6.60. The van der Waals surface area contributed by atoms with E-state index in [1.807, 2.05) is 0 Å². The average Bonchev–Trinajstić information content (AvgIpc) is 2.35. The molecule has 0 aromatic rings. The molecule has 1 heteroatoms. The third-order valence-corrected chi connectivity index (χ3v) is 6.60. The van der Waals surface area contributed by atoms with Gasteiger partial charge in [-0.05, 0) is 63.2 Å². The smallest absolute Gasteiger partial charge is 0.0687 e. The number of fused-ring (bicyclic) bond motifs is 1. The molecule has 0 aromatic carbocycles. The van der Waals surface area contributed by atoms with Crippen LogP contribution >= 0.6 is 0 Å². The van der Waals surface area contributed by atoms with Gasteiger partial charge in [-0.2, -0.15) is 0 Å². The monoisotopic (exact) mass is 290 g/mol. The van der Waals surface area contributed by atoms with E-state index in [-0.39, 0.29) is 11.3 Å². The van der Waals surface area contributed by atoms with Gasteiger partial charge in [0.1, 0.15) is 0 Å². The summed E-state index contributed by atoms with van der Waals surface area (Å²) in [4.78, 5) is 0. The van der Waals surface area contributed by atoms with Gasteiger partial charge in [0.15, 0.2) is 0 Å². The van der Waals surface area contributed by atoms with E-state index in [0.717, 1.165) is 12.3 Å². The minimum absolute atomic E-state index is 0.230. The van der Waals surface area contributed by atoms with E-state index in [9.17, 15) is 5.11 Å². The maximum Gasteiger partial charge on any atom is 0.0687 e. The molecule has 0 radical (unpaired) electrons. The molecule has 0 aromatic heterocycles. The largest absolute Gasteiger partial charge is 0.390 e. The first-order valence-corrected chi connectivity index (χ1v) is 8.67. The van der Waals surface area contributed by atoms with Crippen LogP contribution in [0.5, 0.6) is 0 Å². The molecule has 21 heavy (non-hydrogen) atoms. The number of aliphatic hydroxyl groups is 1.